The molecule has 0 aliphatic rings. The van der Waals surface area contributed by atoms with Crippen LogP contribution in [-0.2, 0) is 32.7 Å². The van der Waals surface area contributed by atoms with Crippen LogP contribution in [0.1, 0.15) is 166 Å². The van der Waals surface area contributed by atoms with E-state index in [1.54, 1.807) is 37.6 Å². The van der Waals surface area contributed by atoms with Crippen molar-refractivity contribution in [2.75, 3.05) is 103 Å². The highest BCUT2D eigenvalue weighted by molar-refractivity contribution is 5.92. The number of benzene rings is 5. The van der Waals surface area contributed by atoms with Gasteiger partial charge in [-0.2, -0.15) is 24.9 Å². The molecule has 0 saturated carbocycles. The Morgan fingerprint density at radius 2 is 0.664 bits per heavy atom. The molecule has 0 fully saturated rings. The summed E-state index contributed by atoms with van der Waals surface area (Å²) in [5.74, 6) is 5.63. The minimum absolute atomic E-state index is 0.0237. The van der Waals surface area contributed by atoms with Gasteiger partial charge < -0.3 is 107 Å². The number of aliphatic hydroxyl groups is 2. The van der Waals surface area contributed by atoms with Crippen LogP contribution in [0.5, 0.6) is 23.0 Å². The second kappa shape index (κ2) is 48.5. The number of aliphatic hydroxyl groups excluding tert-OH is 2. The number of methoxy groups -OCH3 is 4. The molecule has 0 aliphatic carbocycles. The van der Waals surface area contributed by atoms with Gasteiger partial charge in [-0.15, -0.1) is 0 Å². The molecular weight excluding hydrogens is 1670 g/mol. The Balaban J connectivity index is 0.000000158. The van der Waals surface area contributed by atoms with Gasteiger partial charge in [0.1, 0.15) is 67.1 Å². The van der Waals surface area contributed by atoms with Gasteiger partial charge in [-0.3, -0.25) is 0 Å². The van der Waals surface area contributed by atoms with Crippen LogP contribution in [0.2, 0.25) is 0 Å². The van der Waals surface area contributed by atoms with E-state index in [-0.39, 0.29) is 89.5 Å². The first kappa shape index (κ1) is 97.7. The van der Waals surface area contributed by atoms with E-state index >= 15 is 0 Å². The van der Waals surface area contributed by atoms with E-state index in [0.717, 1.165) is 168 Å². The zero-order valence-corrected chi connectivity index (χ0v) is 76.8. The predicted octanol–water partition coefficient (Wildman–Crippen LogP) is 17.9. The second-order valence-electron chi connectivity index (χ2n) is 32.1. The maximum atomic E-state index is 14.5. The van der Waals surface area contributed by atoms with Crippen molar-refractivity contribution < 1.29 is 42.3 Å². The second-order valence-corrected chi connectivity index (χ2v) is 32.1. The van der Waals surface area contributed by atoms with E-state index in [1.807, 2.05) is 156 Å². The number of hydrogen-bond donors (Lipinski definition) is 12. The van der Waals surface area contributed by atoms with Crippen LogP contribution in [0.25, 0.3) is 55.2 Å². The van der Waals surface area contributed by atoms with Gasteiger partial charge in [0.2, 0.25) is 29.7 Å². The van der Waals surface area contributed by atoms with E-state index in [4.69, 9.17) is 47.6 Å². The van der Waals surface area contributed by atoms with Gasteiger partial charge in [-0.05, 0) is 112 Å². The lowest BCUT2D eigenvalue weighted by Gasteiger charge is -2.19. The van der Waals surface area contributed by atoms with E-state index in [9.17, 15) is 23.4 Å². The molecule has 0 radical (unpaired) electrons. The maximum absolute atomic E-state index is 14.5. The number of nitrogen functional groups attached to an aromatic ring is 5. The lowest BCUT2D eigenvalue weighted by Crippen LogP contribution is -2.22. The fourth-order valence-corrected chi connectivity index (χ4v) is 15.8. The first-order valence-electron chi connectivity index (χ1n) is 44.8. The number of unbranched alkanes of at least 4 members (excludes halogenated alkanes) is 3. The SMILES string of the molecule is CCCC(C)Nc1nc(N)nc2ccn(Cc3c(OC)cccc3OC)c12.CCCCC(C)Nc1nc(N)nc2c(F)cn(Cc3ccccc3)c12.CCCCNc1nc(N)nc2ccn(Cc3c(OC)cccc3OC)c12.CCCC[C@@H](CCO)Nc1nc(N)nc2c(F)cn(Cc3ccccc3)c12.CCC[C@@H](CCO)Nc1nc(N)nc2c(F)cn(Cc3ccccc3)c12. The average Bonchev–Trinajstić information content (AvgIpc) is 1.59. The number of nitrogens with one attached hydrogen (secondary N) is 5. The van der Waals surface area contributed by atoms with Crippen LogP contribution in [0.15, 0.2) is 171 Å². The number of nitrogens with two attached hydrogens (primary N) is 5. The Labute approximate surface area is 762 Å². The smallest absolute Gasteiger partial charge is 0.222 e. The Morgan fingerprint density at radius 3 is 1.02 bits per heavy atom. The van der Waals surface area contributed by atoms with Crippen LogP contribution in [0.4, 0.5) is 72.0 Å². The number of anilines is 10. The van der Waals surface area contributed by atoms with Gasteiger partial charge in [-0.1, -0.05) is 183 Å². The van der Waals surface area contributed by atoms with Gasteiger partial charge in [0.15, 0.2) is 46.5 Å². The van der Waals surface area contributed by atoms with Crippen LogP contribution >= 0.6 is 0 Å². The van der Waals surface area contributed by atoms with Gasteiger partial charge in [0.05, 0.1) is 63.7 Å². The molecule has 0 saturated heterocycles. The molecule has 0 bridgehead atoms. The molecule has 31 nitrogen and oxygen atoms in total. The van der Waals surface area contributed by atoms with Crippen molar-refractivity contribution in [1.29, 1.82) is 0 Å². The first-order chi connectivity index (χ1) is 63.6. The standard InChI is InChI=1S/C20H26FN5O.C20H27N5O2.C19H24FN5O.C19H24FN5.C19H25N5O2/c1-2-3-9-15(10-11-27)23-19-18-17(24-20(22)25-19)16(21)13-26(18)12-14-7-5-4-6-8-14;1-5-7-13(2)22-19-18-15(23-20(21)24-19)10-11-25(18)12-14-16(26-3)8-6-9-17(14)27-4;1-2-6-14(9-10-26)22-18-17-16(23-19(21)24-18)15(20)12-25(17)11-13-7-4-3-5-8-13;1-3-4-8-13(2)22-18-17-16(23-19(21)24-18)15(20)12-25(17)11-14-9-6-5-7-10-14;1-4-5-10-21-18-17-14(22-19(20)23-18)9-11-24(17)12-13-15(25-2)7-6-8-16(13)26-3/h4-8,13,15,27H,2-3,9-12H2,1H3,(H3,22,23,24,25);6,8-11,13H,5,7,12H2,1-4H3,(H3,21,22,23,24);3-5,7-8,12,14,26H,2,6,9-11H2,1H3,(H3,21,22,23,24);5-7,9-10,12-13H,3-4,8,11H2,1-2H3,(H3,21,22,23,24);6-9,11H,4-5,10,12H2,1-3H3,(H3,20,21,22,23)/t15-;;14-;;/m0.0../s1. The van der Waals surface area contributed by atoms with Gasteiger partial charge >= 0.3 is 0 Å². The first-order valence-corrected chi connectivity index (χ1v) is 44.8. The minimum Gasteiger partial charge on any atom is -0.496 e. The third-order valence-electron chi connectivity index (χ3n) is 22.1. The minimum atomic E-state index is -0.428. The zero-order chi connectivity index (χ0) is 93.5. The molecule has 34 heteroatoms. The highest BCUT2D eigenvalue weighted by Gasteiger charge is 2.25. The summed E-state index contributed by atoms with van der Waals surface area (Å²) in [6.07, 6.45) is 21.9. The largest absolute Gasteiger partial charge is 0.496 e. The monoisotopic (exact) mass is 1790 g/mol. The Hall–Kier alpha value is -13.9. The number of ether oxygens (including phenoxy) is 4. The zero-order valence-electron chi connectivity index (χ0n) is 76.8. The molecule has 15 rings (SSSR count). The van der Waals surface area contributed by atoms with Crippen molar-refractivity contribution in [3.8, 4) is 23.0 Å². The van der Waals surface area contributed by atoms with Crippen molar-refractivity contribution in [2.24, 2.45) is 0 Å². The van der Waals surface area contributed by atoms with Crippen molar-refractivity contribution >= 4 is 114 Å². The molecule has 17 N–H and O–H groups in total. The number of halogens is 3. The molecule has 131 heavy (non-hydrogen) atoms. The van der Waals surface area contributed by atoms with E-state index in [0.29, 0.717) is 79.6 Å². The predicted molar refractivity (Wildman–Crippen MR) is 520 cm³/mol. The molecule has 15 aromatic rings. The van der Waals surface area contributed by atoms with Crippen molar-refractivity contribution in [3.05, 3.63) is 216 Å². The molecule has 0 spiro atoms. The quantitative estimate of drug-likeness (QED) is 0.0159. The summed E-state index contributed by atoms with van der Waals surface area (Å²) >= 11 is 0. The number of nitrogens with zero attached hydrogens (tertiary/aromatic N) is 15. The van der Waals surface area contributed by atoms with Crippen LogP contribution < -0.4 is 74.2 Å². The lowest BCUT2D eigenvalue weighted by molar-refractivity contribution is 0.276. The molecule has 10 heterocycles. The Morgan fingerprint density at radius 1 is 0.336 bits per heavy atom. The molecule has 2 unspecified atom stereocenters. The number of aromatic nitrogens is 15. The van der Waals surface area contributed by atoms with E-state index < -0.39 is 11.6 Å². The Kier molecular flexibility index (Phi) is 36.2. The van der Waals surface area contributed by atoms with E-state index in [2.05, 4.69) is 134 Å². The summed E-state index contributed by atoms with van der Waals surface area (Å²) in [6.45, 7) is 18.6. The van der Waals surface area contributed by atoms with Crippen LogP contribution in [-0.4, -0.2) is 155 Å². The van der Waals surface area contributed by atoms with Crippen molar-refractivity contribution in [2.45, 2.75) is 195 Å². The van der Waals surface area contributed by atoms with Crippen LogP contribution in [0.3, 0.4) is 0 Å². The highest BCUT2D eigenvalue weighted by atomic mass is 19.1. The normalized spacial score (nSPS) is 12.1. The summed E-state index contributed by atoms with van der Waals surface area (Å²) in [4.78, 5) is 42.8. The molecule has 10 aromatic heterocycles. The third kappa shape index (κ3) is 26.0. The number of hydrogen-bond acceptors (Lipinski definition) is 26. The number of rotatable bonds is 40. The molecule has 0 amide bonds. The molecule has 0 aliphatic heterocycles. The van der Waals surface area contributed by atoms with Crippen molar-refractivity contribution in [1.82, 2.24) is 72.7 Å². The summed E-state index contributed by atoms with van der Waals surface area (Å²) in [7, 11) is 6.64. The summed E-state index contributed by atoms with van der Waals surface area (Å²) in [5.41, 5.74) is 40.2. The van der Waals surface area contributed by atoms with E-state index in [1.165, 1.54) is 18.6 Å². The molecule has 4 atom stereocenters. The Bertz CT molecular complexity index is 6060. The number of fused-ring (bicyclic) bond motifs is 5. The third-order valence-corrected chi connectivity index (χ3v) is 22.1. The molecule has 696 valence electrons. The lowest BCUT2D eigenvalue weighted by atomic mass is 10.1. The van der Waals surface area contributed by atoms with Gasteiger partial charge in [-0.25, -0.2) is 38.1 Å². The van der Waals surface area contributed by atoms with Crippen LogP contribution in [0, 0.1) is 17.5 Å². The van der Waals surface area contributed by atoms with Crippen molar-refractivity contribution in [3.63, 3.8) is 0 Å². The fraction of sp³-hybridized carbons (Fsp3) is 0.381. The molecular formula is C97H126F3N25O6. The van der Waals surface area contributed by atoms with Gasteiger partial charge in [0, 0.05) is 94.5 Å². The topological polar surface area (TPSA) is 421 Å². The summed E-state index contributed by atoms with van der Waals surface area (Å²) < 4.78 is 75.1. The fourth-order valence-electron chi connectivity index (χ4n) is 15.8. The summed E-state index contributed by atoms with van der Waals surface area (Å²) in [5, 5.41) is 35.6. The molecule has 5 aromatic carbocycles. The average molecular weight is 1800 g/mol. The summed E-state index contributed by atoms with van der Waals surface area (Å²) in [6, 6.07) is 45.6. The highest BCUT2D eigenvalue weighted by Crippen LogP contribution is 2.37. The van der Waals surface area contributed by atoms with Gasteiger partial charge in [0.25, 0.3) is 0 Å². The maximum Gasteiger partial charge on any atom is 0.222 e.